The van der Waals surface area contributed by atoms with E-state index in [-0.39, 0.29) is 0 Å². The smallest absolute Gasteiger partial charge is 0.00255 e. The van der Waals surface area contributed by atoms with Gasteiger partial charge in [-0.2, -0.15) is 11.8 Å². The van der Waals surface area contributed by atoms with E-state index in [0.29, 0.717) is 5.41 Å². The van der Waals surface area contributed by atoms with Crippen LogP contribution in [0.4, 0.5) is 0 Å². The van der Waals surface area contributed by atoms with Gasteiger partial charge in [0, 0.05) is 12.5 Å². The van der Waals surface area contributed by atoms with Gasteiger partial charge < -0.3 is 5.32 Å². The molecule has 0 saturated carbocycles. The normalized spacial score (nSPS) is 27.3. The molecular weight excluding hydrogens is 238 g/mol. The molecule has 2 saturated heterocycles. The Morgan fingerprint density at radius 1 is 1.11 bits per heavy atom. The molecule has 1 N–H and O–H groups in total. The fraction of sp³-hybridized carbons (Fsp3) is 0.625. The first-order valence-corrected chi connectivity index (χ1v) is 8.31. The highest BCUT2D eigenvalue weighted by atomic mass is 32.2. The lowest BCUT2D eigenvalue weighted by atomic mass is 9.64. The van der Waals surface area contributed by atoms with E-state index in [1.807, 2.05) is 0 Å². The van der Waals surface area contributed by atoms with Gasteiger partial charge in [-0.1, -0.05) is 29.8 Å². The molecule has 1 unspecified atom stereocenters. The van der Waals surface area contributed by atoms with Gasteiger partial charge in [0.15, 0.2) is 0 Å². The molecule has 2 heteroatoms. The standard InChI is InChI=1S/C16H23NS/c1-13-2-4-14(5-3-13)15-12-17-9-6-16(15)7-10-18-11-8-16/h2-5,15,17H,6-12H2,1H3. The van der Waals surface area contributed by atoms with Crippen molar-refractivity contribution in [1.29, 1.82) is 0 Å². The number of thioether (sulfide) groups is 1. The maximum Gasteiger partial charge on any atom is 0.00255 e. The van der Waals surface area contributed by atoms with Crippen LogP contribution in [-0.2, 0) is 0 Å². The minimum Gasteiger partial charge on any atom is -0.316 e. The zero-order valence-electron chi connectivity index (χ0n) is 11.2. The van der Waals surface area contributed by atoms with E-state index >= 15 is 0 Å². The fourth-order valence-corrected chi connectivity index (χ4v) is 4.93. The van der Waals surface area contributed by atoms with Crippen molar-refractivity contribution < 1.29 is 0 Å². The van der Waals surface area contributed by atoms with Gasteiger partial charge in [0.25, 0.3) is 0 Å². The summed E-state index contributed by atoms with van der Waals surface area (Å²) in [6.07, 6.45) is 4.20. The first kappa shape index (κ1) is 12.6. The van der Waals surface area contributed by atoms with Gasteiger partial charge in [-0.25, -0.2) is 0 Å². The summed E-state index contributed by atoms with van der Waals surface area (Å²) in [5.74, 6) is 3.46. The molecular formula is C16H23NS. The molecule has 98 valence electrons. The van der Waals surface area contributed by atoms with Gasteiger partial charge in [-0.15, -0.1) is 0 Å². The Balaban J connectivity index is 1.89. The Kier molecular flexibility index (Phi) is 3.67. The Morgan fingerprint density at radius 3 is 2.56 bits per heavy atom. The number of rotatable bonds is 1. The number of aryl methyl sites for hydroxylation is 1. The van der Waals surface area contributed by atoms with Crippen molar-refractivity contribution in [3.63, 3.8) is 0 Å². The van der Waals surface area contributed by atoms with Crippen LogP contribution in [0.15, 0.2) is 24.3 Å². The third-order valence-corrected chi connectivity index (χ3v) is 5.84. The largest absolute Gasteiger partial charge is 0.316 e. The molecule has 0 aromatic heterocycles. The Bertz CT molecular complexity index is 384. The quantitative estimate of drug-likeness (QED) is 0.829. The van der Waals surface area contributed by atoms with Gasteiger partial charge in [0.2, 0.25) is 0 Å². The molecule has 18 heavy (non-hydrogen) atoms. The Labute approximate surface area is 115 Å². The fourth-order valence-electron chi connectivity index (χ4n) is 3.62. The molecule has 1 nitrogen and oxygen atoms in total. The molecule has 1 spiro atoms. The predicted octanol–water partition coefficient (Wildman–Crippen LogP) is 3.59. The van der Waals surface area contributed by atoms with Crippen molar-refractivity contribution in [2.24, 2.45) is 5.41 Å². The van der Waals surface area contributed by atoms with Crippen LogP contribution in [0.5, 0.6) is 0 Å². The molecule has 2 fully saturated rings. The number of piperidine rings is 1. The molecule has 0 radical (unpaired) electrons. The summed E-state index contributed by atoms with van der Waals surface area (Å²) in [5.41, 5.74) is 3.52. The summed E-state index contributed by atoms with van der Waals surface area (Å²) in [6.45, 7) is 4.57. The van der Waals surface area contributed by atoms with E-state index in [0.717, 1.165) is 5.92 Å². The van der Waals surface area contributed by atoms with Crippen LogP contribution in [0.2, 0.25) is 0 Å². The van der Waals surface area contributed by atoms with E-state index < -0.39 is 0 Å². The SMILES string of the molecule is Cc1ccc(C2CNCCC23CCSCC3)cc1. The van der Waals surface area contributed by atoms with Crippen LogP contribution >= 0.6 is 11.8 Å². The summed E-state index contributed by atoms with van der Waals surface area (Å²) in [5, 5.41) is 3.61. The third kappa shape index (κ3) is 2.33. The maximum atomic E-state index is 3.61. The average Bonchev–Trinajstić information content (AvgIpc) is 2.42. The Hall–Kier alpha value is -0.470. The average molecular weight is 261 g/mol. The zero-order chi connectivity index (χ0) is 12.4. The number of nitrogens with one attached hydrogen (secondary N) is 1. The van der Waals surface area contributed by atoms with E-state index in [1.165, 1.54) is 49.4 Å². The van der Waals surface area contributed by atoms with Crippen LogP contribution in [-0.4, -0.2) is 24.6 Å². The molecule has 1 aromatic carbocycles. The van der Waals surface area contributed by atoms with Crippen LogP contribution < -0.4 is 5.32 Å². The van der Waals surface area contributed by atoms with Crippen LogP contribution in [0.3, 0.4) is 0 Å². The number of hydrogen-bond donors (Lipinski definition) is 1. The lowest BCUT2D eigenvalue weighted by Gasteiger charge is -2.47. The van der Waals surface area contributed by atoms with E-state index in [2.05, 4.69) is 48.3 Å². The molecule has 2 aliphatic rings. The van der Waals surface area contributed by atoms with Gasteiger partial charge >= 0.3 is 0 Å². The highest BCUT2D eigenvalue weighted by Crippen LogP contribution is 2.49. The lowest BCUT2D eigenvalue weighted by Crippen LogP contribution is -2.45. The summed E-state index contributed by atoms with van der Waals surface area (Å²) in [6, 6.07) is 9.26. The van der Waals surface area contributed by atoms with Crippen molar-refractivity contribution in [3.8, 4) is 0 Å². The van der Waals surface area contributed by atoms with Crippen molar-refractivity contribution in [2.45, 2.75) is 32.1 Å². The van der Waals surface area contributed by atoms with Crippen LogP contribution in [0, 0.1) is 12.3 Å². The second-order valence-corrected chi connectivity index (χ2v) is 7.12. The topological polar surface area (TPSA) is 12.0 Å². The van der Waals surface area contributed by atoms with E-state index in [4.69, 9.17) is 0 Å². The highest BCUT2D eigenvalue weighted by molar-refractivity contribution is 7.99. The van der Waals surface area contributed by atoms with E-state index in [1.54, 1.807) is 5.56 Å². The second kappa shape index (κ2) is 5.26. The summed E-state index contributed by atoms with van der Waals surface area (Å²) >= 11 is 2.14. The van der Waals surface area contributed by atoms with Crippen molar-refractivity contribution in [1.82, 2.24) is 5.32 Å². The molecule has 2 aliphatic heterocycles. The predicted molar refractivity (Wildman–Crippen MR) is 80.4 cm³/mol. The second-order valence-electron chi connectivity index (χ2n) is 5.89. The van der Waals surface area contributed by atoms with Crippen LogP contribution in [0.25, 0.3) is 0 Å². The van der Waals surface area contributed by atoms with Gasteiger partial charge in [0.05, 0.1) is 0 Å². The van der Waals surface area contributed by atoms with Gasteiger partial charge in [0.1, 0.15) is 0 Å². The first-order chi connectivity index (χ1) is 8.80. The maximum absolute atomic E-state index is 3.61. The van der Waals surface area contributed by atoms with Crippen LogP contribution in [0.1, 0.15) is 36.3 Å². The summed E-state index contributed by atoms with van der Waals surface area (Å²) in [7, 11) is 0. The number of benzene rings is 1. The summed E-state index contributed by atoms with van der Waals surface area (Å²) in [4.78, 5) is 0. The van der Waals surface area contributed by atoms with Crippen molar-refractivity contribution >= 4 is 11.8 Å². The third-order valence-electron chi connectivity index (χ3n) is 4.86. The molecule has 2 heterocycles. The van der Waals surface area contributed by atoms with Crippen molar-refractivity contribution in [3.05, 3.63) is 35.4 Å². The molecule has 0 bridgehead atoms. The van der Waals surface area contributed by atoms with Gasteiger partial charge in [-0.3, -0.25) is 0 Å². The first-order valence-electron chi connectivity index (χ1n) is 7.15. The zero-order valence-corrected chi connectivity index (χ0v) is 12.1. The lowest BCUT2D eigenvalue weighted by molar-refractivity contribution is 0.147. The van der Waals surface area contributed by atoms with E-state index in [9.17, 15) is 0 Å². The summed E-state index contributed by atoms with van der Waals surface area (Å²) < 4.78 is 0. The molecule has 0 aliphatic carbocycles. The molecule has 3 rings (SSSR count). The van der Waals surface area contributed by atoms with Crippen molar-refractivity contribution in [2.75, 3.05) is 24.6 Å². The van der Waals surface area contributed by atoms with Gasteiger partial charge in [-0.05, 0) is 55.2 Å². The monoisotopic (exact) mass is 261 g/mol. The highest BCUT2D eigenvalue weighted by Gasteiger charge is 2.42. The minimum absolute atomic E-state index is 0.589. The minimum atomic E-state index is 0.589. The Morgan fingerprint density at radius 2 is 1.83 bits per heavy atom. The molecule has 1 aromatic rings. The molecule has 1 atom stereocenters. The molecule has 0 amide bonds. The number of hydrogen-bond acceptors (Lipinski definition) is 2.